The van der Waals surface area contributed by atoms with E-state index in [0.29, 0.717) is 12.8 Å². The van der Waals surface area contributed by atoms with Gasteiger partial charge in [0.2, 0.25) is 0 Å². The third-order valence-electron chi connectivity index (χ3n) is 11.2. The highest BCUT2D eigenvalue weighted by Gasteiger charge is 2.88. The van der Waals surface area contributed by atoms with Crippen LogP contribution < -0.4 is 0 Å². The fourth-order valence-corrected chi connectivity index (χ4v) is 9.31. The number of furan rings is 1. The minimum Gasteiger partial charge on any atom is -0.472 e. The van der Waals surface area contributed by atoms with Gasteiger partial charge in [0.25, 0.3) is 0 Å². The van der Waals surface area contributed by atoms with Gasteiger partial charge in [-0.1, -0.05) is 27.7 Å². The SMILES string of the molecule is CC(=O)O[C@@H]1CC(=O)[C@@]2(C)C(CC(=O)[C@]3(C)C2CC[C@@]2(C)[C@H](c4ccoc4)OC(=O)C4OC423)C1(C)C. The normalized spacial score (nSPS) is 48.6. The van der Waals surface area contributed by atoms with Crippen molar-refractivity contribution < 1.29 is 37.8 Å². The standard InChI is InChI=1S/C28H34O8/c1-14(29)34-20-12-18(30)26(5)16-7-9-25(4)21(15-8-10-33-13-15)35-23(32)22-28(25,36-22)27(16,6)19(31)11-17(26)24(20,2)3/h8,10,13,16-17,20-22H,7,9,11-12H2,1-6H3/t16?,17?,20-,21+,22?,25+,26-,27+,28?/m1/s1. The fraction of sp³-hybridized carbons (Fsp3) is 0.714. The molecule has 36 heavy (non-hydrogen) atoms. The molecule has 1 aromatic rings. The molecular formula is C28H34O8. The summed E-state index contributed by atoms with van der Waals surface area (Å²) >= 11 is 0. The van der Waals surface area contributed by atoms with E-state index in [1.54, 1.807) is 18.6 Å². The number of fused-ring (bicyclic) bond motifs is 3. The smallest absolute Gasteiger partial charge is 0.339 e. The molecule has 0 amide bonds. The van der Waals surface area contributed by atoms with Crippen LogP contribution in [0, 0.1) is 33.5 Å². The lowest BCUT2D eigenvalue weighted by molar-refractivity contribution is -0.226. The highest BCUT2D eigenvalue weighted by molar-refractivity contribution is 5.97. The second-order valence-corrected chi connectivity index (χ2v) is 12.8. The van der Waals surface area contributed by atoms with E-state index in [0.717, 1.165) is 5.56 Å². The molecular weight excluding hydrogens is 464 g/mol. The van der Waals surface area contributed by atoms with Gasteiger partial charge in [-0.2, -0.15) is 0 Å². The van der Waals surface area contributed by atoms with Gasteiger partial charge >= 0.3 is 11.9 Å². The van der Waals surface area contributed by atoms with E-state index < -0.39 is 57.5 Å². The zero-order valence-corrected chi connectivity index (χ0v) is 21.7. The first-order valence-electron chi connectivity index (χ1n) is 12.9. The van der Waals surface area contributed by atoms with Crippen LogP contribution in [-0.2, 0) is 33.4 Å². The molecule has 3 aliphatic carbocycles. The lowest BCUT2D eigenvalue weighted by atomic mass is 9.35. The molecule has 0 aromatic carbocycles. The Morgan fingerprint density at radius 2 is 1.72 bits per heavy atom. The van der Waals surface area contributed by atoms with Crippen LogP contribution in [0.2, 0.25) is 0 Å². The fourth-order valence-electron chi connectivity index (χ4n) is 9.31. The molecule has 194 valence electrons. The molecule has 1 spiro atoms. The molecule has 2 aliphatic heterocycles. The predicted molar refractivity (Wildman–Crippen MR) is 124 cm³/mol. The Balaban J connectivity index is 1.48. The van der Waals surface area contributed by atoms with Crippen molar-refractivity contribution in [3.63, 3.8) is 0 Å². The summed E-state index contributed by atoms with van der Waals surface area (Å²) in [7, 11) is 0. The highest BCUT2D eigenvalue weighted by Crippen LogP contribution is 2.79. The van der Waals surface area contributed by atoms with Crippen molar-refractivity contribution in [2.75, 3.05) is 0 Å². The summed E-state index contributed by atoms with van der Waals surface area (Å²) in [6.07, 6.45) is 2.65. The summed E-state index contributed by atoms with van der Waals surface area (Å²) in [4.78, 5) is 53.2. The third-order valence-corrected chi connectivity index (χ3v) is 11.2. The second kappa shape index (κ2) is 6.88. The zero-order chi connectivity index (χ0) is 26.1. The van der Waals surface area contributed by atoms with E-state index in [9.17, 15) is 19.2 Å². The number of ether oxygens (including phenoxy) is 3. The number of epoxide rings is 1. The van der Waals surface area contributed by atoms with Gasteiger partial charge in [-0.3, -0.25) is 14.4 Å². The van der Waals surface area contributed by atoms with E-state index in [4.69, 9.17) is 18.6 Å². The average Bonchev–Trinajstić information content (AvgIpc) is 3.36. The van der Waals surface area contributed by atoms with Gasteiger partial charge in [0.05, 0.1) is 17.9 Å². The van der Waals surface area contributed by atoms with Crippen LogP contribution in [-0.4, -0.2) is 41.3 Å². The number of Topliss-reactive ketones (excluding diaryl/α,β-unsaturated/α-hetero) is 2. The van der Waals surface area contributed by atoms with Crippen molar-refractivity contribution in [3.8, 4) is 0 Å². The van der Waals surface area contributed by atoms with Crippen molar-refractivity contribution in [2.24, 2.45) is 33.5 Å². The molecule has 4 unspecified atom stereocenters. The van der Waals surface area contributed by atoms with E-state index >= 15 is 0 Å². The highest BCUT2D eigenvalue weighted by atomic mass is 16.7. The summed E-state index contributed by atoms with van der Waals surface area (Å²) < 4.78 is 23.1. The molecule has 0 N–H and O–H groups in total. The van der Waals surface area contributed by atoms with Crippen molar-refractivity contribution in [1.29, 1.82) is 0 Å². The molecule has 3 heterocycles. The van der Waals surface area contributed by atoms with Gasteiger partial charge in [-0.15, -0.1) is 0 Å². The Hall–Kier alpha value is -2.48. The van der Waals surface area contributed by atoms with Crippen LogP contribution in [0.1, 0.15) is 78.9 Å². The Labute approximate surface area is 210 Å². The van der Waals surface area contributed by atoms with Crippen LogP contribution in [0.5, 0.6) is 0 Å². The van der Waals surface area contributed by atoms with Crippen LogP contribution in [0.4, 0.5) is 0 Å². The van der Waals surface area contributed by atoms with Crippen molar-refractivity contribution in [1.82, 2.24) is 0 Å². The first-order valence-corrected chi connectivity index (χ1v) is 12.9. The second-order valence-electron chi connectivity index (χ2n) is 12.8. The van der Waals surface area contributed by atoms with Crippen LogP contribution in [0.15, 0.2) is 23.0 Å². The Morgan fingerprint density at radius 3 is 2.36 bits per heavy atom. The minimum atomic E-state index is -1.05. The van der Waals surface area contributed by atoms with E-state index in [1.165, 1.54) is 6.92 Å². The summed E-state index contributed by atoms with van der Waals surface area (Å²) in [6.45, 7) is 11.3. The monoisotopic (exact) mass is 498 g/mol. The van der Waals surface area contributed by atoms with E-state index in [-0.39, 0.29) is 36.2 Å². The number of hydrogen-bond donors (Lipinski definition) is 0. The lowest BCUT2D eigenvalue weighted by Gasteiger charge is -2.67. The molecule has 6 rings (SSSR count). The van der Waals surface area contributed by atoms with Crippen molar-refractivity contribution in [3.05, 3.63) is 24.2 Å². The number of hydrogen-bond acceptors (Lipinski definition) is 8. The van der Waals surface area contributed by atoms with Crippen LogP contribution in [0.3, 0.4) is 0 Å². The van der Waals surface area contributed by atoms with E-state index in [2.05, 4.69) is 0 Å². The molecule has 3 saturated carbocycles. The molecule has 2 saturated heterocycles. The van der Waals surface area contributed by atoms with Gasteiger partial charge in [-0.05, 0) is 37.7 Å². The van der Waals surface area contributed by atoms with Gasteiger partial charge in [0.15, 0.2) is 6.10 Å². The van der Waals surface area contributed by atoms with Crippen LogP contribution in [0.25, 0.3) is 0 Å². The molecule has 0 bridgehead atoms. The zero-order valence-electron chi connectivity index (χ0n) is 21.7. The summed E-state index contributed by atoms with van der Waals surface area (Å²) in [5, 5.41) is 0. The maximum absolute atomic E-state index is 14.3. The molecule has 8 heteroatoms. The first-order chi connectivity index (χ1) is 16.8. The number of rotatable bonds is 2. The lowest BCUT2D eigenvalue weighted by Crippen LogP contribution is -2.73. The summed E-state index contributed by atoms with van der Waals surface area (Å²) in [6, 6.07) is 1.79. The molecule has 5 aliphatic rings. The maximum Gasteiger partial charge on any atom is 0.339 e. The predicted octanol–water partition coefficient (Wildman–Crippen LogP) is 3.96. The minimum absolute atomic E-state index is 0.00777. The Bertz CT molecular complexity index is 1180. The maximum atomic E-state index is 14.3. The van der Waals surface area contributed by atoms with Crippen molar-refractivity contribution >= 4 is 23.5 Å². The number of esters is 2. The number of ketones is 2. The number of carbonyl (C=O) groups excluding carboxylic acids is 4. The molecule has 5 fully saturated rings. The van der Waals surface area contributed by atoms with Gasteiger partial charge in [0.1, 0.15) is 29.4 Å². The van der Waals surface area contributed by atoms with Gasteiger partial charge in [-0.25, -0.2) is 4.79 Å². The average molecular weight is 499 g/mol. The van der Waals surface area contributed by atoms with Gasteiger partial charge in [0, 0.05) is 41.6 Å². The van der Waals surface area contributed by atoms with Crippen LogP contribution >= 0.6 is 0 Å². The third kappa shape index (κ3) is 2.45. The number of cyclic esters (lactones) is 1. The quantitative estimate of drug-likeness (QED) is 0.445. The molecule has 0 radical (unpaired) electrons. The van der Waals surface area contributed by atoms with Crippen molar-refractivity contribution in [2.45, 2.75) is 91.1 Å². The topological polar surface area (TPSA) is 112 Å². The first kappa shape index (κ1) is 23.9. The van der Waals surface area contributed by atoms with E-state index in [1.807, 2.05) is 34.6 Å². The Morgan fingerprint density at radius 1 is 1.00 bits per heavy atom. The summed E-state index contributed by atoms with van der Waals surface area (Å²) in [5.74, 6) is -1.47. The molecule has 8 nitrogen and oxygen atoms in total. The van der Waals surface area contributed by atoms with Gasteiger partial charge < -0.3 is 18.6 Å². The molecule has 1 aromatic heterocycles. The Kier molecular flexibility index (Phi) is 4.57. The summed E-state index contributed by atoms with van der Waals surface area (Å²) in [5.41, 5.74) is -3.40. The molecule has 9 atom stereocenters. The number of carbonyl (C=O) groups is 4. The largest absolute Gasteiger partial charge is 0.472 e.